The number of allylic oxidation sites excluding steroid dienone is 4. The molecule has 8 nitrogen and oxygen atoms in total. The van der Waals surface area contributed by atoms with Crippen LogP contribution in [0.2, 0.25) is 15.1 Å². The Hall–Kier alpha value is -2.85. The summed E-state index contributed by atoms with van der Waals surface area (Å²) in [7, 11) is -4.42. The Labute approximate surface area is 239 Å². The minimum Gasteiger partial charge on any atom is -0.480 e. The molecule has 1 heterocycles. The molecule has 0 atom stereocenters. The maximum atomic E-state index is 13.4. The van der Waals surface area contributed by atoms with Crippen LogP contribution in [0.15, 0.2) is 63.8 Å². The highest BCUT2D eigenvalue weighted by atomic mass is 35.5. The lowest BCUT2D eigenvalue weighted by Gasteiger charge is -2.43. The average Bonchev–Trinajstić information content (AvgIpc) is 2.86. The predicted octanol–water partition coefficient (Wildman–Crippen LogP) is 5.91. The van der Waals surface area contributed by atoms with Crippen LogP contribution in [0.3, 0.4) is 0 Å². The van der Waals surface area contributed by atoms with E-state index in [1.54, 1.807) is 4.90 Å². The molecular formula is C27H22Cl3NO7S. The van der Waals surface area contributed by atoms with Crippen LogP contribution in [-0.4, -0.2) is 42.5 Å². The molecule has 2 aromatic rings. The van der Waals surface area contributed by atoms with Crippen LogP contribution in [0, 0.1) is 0 Å². The molecule has 12 heteroatoms. The van der Waals surface area contributed by atoms with Gasteiger partial charge in [0.2, 0.25) is 0 Å². The van der Waals surface area contributed by atoms with Gasteiger partial charge in [0.25, 0.3) is 0 Å². The summed E-state index contributed by atoms with van der Waals surface area (Å²) in [6.07, 6.45) is 2.26. The maximum absolute atomic E-state index is 13.4. The Morgan fingerprint density at radius 2 is 1.46 bits per heavy atom. The third-order valence-electron chi connectivity index (χ3n) is 7.02. The molecule has 2 aliphatic carbocycles. The molecule has 0 fully saturated rings. The first-order chi connectivity index (χ1) is 18.5. The Morgan fingerprint density at radius 3 is 2.00 bits per heavy atom. The van der Waals surface area contributed by atoms with Crippen molar-refractivity contribution in [3.8, 4) is 5.75 Å². The van der Waals surface area contributed by atoms with Crippen molar-refractivity contribution in [2.75, 3.05) is 6.54 Å². The highest BCUT2D eigenvalue weighted by Gasteiger charge is 2.45. The van der Waals surface area contributed by atoms with E-state index < -0.39 is 28.6 Å². The van der Waals surface area contributed by atoms with Crippen molar-refractivity contribution in [1.82, 2.24) is 4.90 Å². The highest BCUT2D eigenvalue weighted by Crippen LogP contribution is 2.52. The molecule has 0 bridgehead atoms. The minimum atomic E-state index is -4.42. The van der Waals surface area contributed by atoms with E-state index in [4.69, 9.17) is 39.0 Å². The summed E-state index contributed by atoms with van der Waals surface area (Å²) in [5, 5.41) is 10.00. The second-order valence-electron chi connectivity index (χ2n) is 9.48. The van der Waals surface area contributed by atoms with Crippen molar-refractivity contribution in [3.05, 3.63) is 79.6 Å². The number of nitrogens with zero attached hydrogens (tertiary/aromatic N) is 1. The van der Waals surface area contributed by atoms with E-state index in [1.165, 1.54) is 36.4 Å². The first kappa shape index (κ1) is 27.7. The van der Waals surface area contributed by atoms with Crippen LogP contribution >= 0.6 is 34.8 Å². The zero-order valence-corrected chi connectivity index (χ0v) is 23.5. The molecule has 39 heavy (non-hydrogen) atoms. The third-order valence-corrected chi connectivity index (χ3v) is 9.01. The number of Topliss-reactive ketones (excluding diaryl/α,β-unsaturated/α-hetero) is 2. The molecule has 0 unspecified atom stereocenters. The number of carbonyl (C=O) groups is 3. The third kappa shape index (κ3) is 5.20. The van der Waals surface area contributed by atoms with Crippen LogP contribution in [0.1, 0.15) is 50.0 Å². The zero-order chi connectivity index (χ0) is 28.1. The smallest absolute Gasteiger partial charge is 0.339 e. The fourth-order valence-electron chi connectivity index (χ4n) is 5.50. The summed E-state index contributed by atoms with van der Waals surface area (Å²) in [5.41, 5.74) is 1.64. The minimum absolute atomic E-state index is 0.126. The van der Waals surface area contributed by atoms with Gasteiger partial charge in [0.05, 0.1) is 5.02 Å². The summed E-state index contributed by atoms with van der Waals surface area (Å²) in [4.78, 5) is 40.1. The molecule has 3 aliphatic rings. The molecule has 204 valence electrons. The summed E-state index contributed by atoms with van der Waals surface area (Å²) >= 11 is 18.8. The summed E-state index contributed by atoms with van der Waals surface area (Å²) < 4.78 is 32.1. The van der Waals surface area contributed by atoms with E-state index in [1.807, 2.05) is 0 Å². The Kier molecular flexibility index (Phi) is 7.54. The van der Waals surface area contributed by atoms with Crippen LogP contribution in [0.25, 0.3) is 0 Å². The normalized spacial score (nSPS) is 18.3. The zero-order valence-electron chi connectivity index (χ0n) is 20.4. The van der Waals surface area contributed by atoms with Gasteiger partial charge in [-0.25, -0.2) is 0 Å². The number of carboxylic acids is 1. The van der Waals surface area contributed by atoms with Gasteiger partial charge in [-0.2, -0.15) is 8.42 Å². The molecule has 1 N–H and O–H groups in total. The molecule has 0 saturated carbocycles. The van der Waals surface area contributed by atoms with Gasteiger partial charge in [-0.05, 0) is 62.1 Å². The predicted molar refractivity (Wildman–Crippen MR) is 145 cm³/mol. The number of ketones is 2. The van der Waals surface area contributed by atoms with Crippen molar-refractivity contribution in [3.63, 3.8) is 0 Å². The standard InChI is InChI=1S/C27H22Cl3NO7S/c28-14-7-9-16(10-8-14)39(36,37)38-27-17(11-15(29)12-18(27)30)24-25-19(3-1-5-21(25)32)31(13-23(34)35)20-4-2-6-22(33)26(20)24/h7-12,24H,1-6,13H2,(H,34,35). The topological polar surface area (TPSA) is 118 Å². The van der Waals surface area contributed by atoms with Gasteiger partial charge in [0, 0.05) is 56.9 Å². The molecule has 5 rings (SSSR count). The summed E-state index contributed by atoms with van der Waals surface area (Å²) in [5.74, 6) is -2.91. The Bertz CT molecular complexity index is 1530. The number of hydrogen-bond acceptors (Lipinski definition) is 7. The fourth-order valence-corrected chi connectivity index (χ4v) is 7.19. The maximum Gasteiger partial charge on any atom is 0.339 e. The number of aliphatic carboxylic acids is 1. The molecule has 0 spiro atoms. The molecule has 0 saturated heterocycles. The second-order valence-corrected chi connectivity index (χ2v) is 12.3. The van der Waals surface area contributed by atoms with Gasteiger partial charge >= 0.3 is 16.1 Å². The van der Waals surface area contributed by atoms with Crippen LogP contribution in [-0.2, 0) is 24.5 Å². The Balaban J connectivity index is 1.75. The van der Waals surface area contributed by atoms with E-state index in [0.29, 0.717) is 42.1 Å². The van der Waals surface area contributed by atoms with E-state index >= 15 is 0 Å². The SMILES string of the molecule is O=C(O)CN1C2=C(C(=O)CCC2)C(c2cc(Cl)cc(Cl)c2OS(=O)(=O)c2ccc(Cl)cc2)C2=C1CCCC2=O. The lowest BCUT2D eigenvalue weighted by atomic mass is 9.70. The van der Waals surface area contributed by atoms with E-state index in [0.717, 1.165) is 0 Å². The van der Waals surface area contributed by atoms with Crippen LogP contribution in [0.4, 0.5) is 0 Å². The van der Waals surface area contributed by atoms with Crippen LogP contribution < -0.4 is 4.18 Å². The van der Waals surface area contributed by atoms with E-state index in [9.17, 15) is 27.9 Å². The lowest BCUT2D eigenvalue weighted by molar-refractivity contribution is -0.138. The number of hydrogen-bond donors (Lipinski definition) is 1. The van der Waals surface area contributed by atoms with Crippen molar-refractivity contribution in [2.45, 2.75) is 49.3 Å². The van der Waals surface area contributed by atoms with Gasteiger partial charge in [-0.3, -0.25) is 14.4 Å². The van der Waals surface area contributed by atoms with Crippen molar-refractivity contribution >= 4 is 62.5 Å². The van der Waals surface area contributed by atoms with Gasteiger partial charge in [-0.1, -0.05) is 34.8 Å². The van der Waals surface area contributed by atoms with Gasteiger partial charge in [0.15, 0.2) is 17.3 Å². The van der Waals surface area contributed by atoms with E-state index in [2.05, 4.69) is 0 Å². The van der Waals surface area contributed by atoms with E-state index in [-0.39, 0.29) is 61.8 Å². The summed E-state index contributed by atoms with van der Waals surface area (Å²) in [6, 6.07) is 8.11. The first-order valence-electron chi connectivity index (χ1n) is 12.2. The number of carbonyl (C=O) groups excluding carboxylic acids is 2. The quantitative estimate of drug-likeness (QED) is 0.401. The molecule has 0 aromatic heterocycles. The molecular weight excluding hydrogens is 589 g/mol. The number of halogens is 3. The van der Waals surface area contributed by atoms with Crippen molar-refractivity contribution < 1.29 is 32.1 Å². The fraction of sp³-hybridized carbons (Fsp3) is 0.296. The largest absolute Gasteiger partial charge is 0.480 e. The van der Waals surface area contributed by atoms with Gasteiger partial charge in [-0.15, -0.1) is 0 Å². The second kappa shape index (κ2) is 10.6. The van der Waals surface area contributed by atoms with Gasteiger partial charge < -0.3 is 14.2 Å². The number of rotatable bonds is 6. The first-order valence-corrected chi connectivity index (χ1v) is 14.7. The summed E-state index contributed by atoms with van der Waals surface area (Å²) in [6.45, 7) is -0.407. The number of benzene rings is 2. The molecule has 1 aliphatic heterocycles. The lowest BCUT2D eigenvalue weighted by Crippen LogP contribution is -2.41. The highest BCUT2D eigenvalue weighted by molar-refractivity contribution is 7.87. The monoisotopic (exact) mass is 609 g/mol. The van der Waals surface area contributed by atoms with Crippen molar-refractivity contribution in [1.29, 1.82) is 0 Å². The Morgan fingerprint density at radius 1 is 0.897 bits per heavy atom. The average molecular weight is 611 g/mol. The number of carboxylic acid groups (broad SMARTS) is 1. The molecule has 0 radical (unpaired) electrons. The van der Waals surface area contributed by atoms with Crippen molar-refractivity contribution in [2.24, 2.45) is 0 Å². The molecule has 2 aromatic carbocycles. The van der Waals surface area contributed by atoms with Gasteiger partial charge in [0.1, 0.15) is 11.4 Å². The molecule has 0 amide bonds. The van der Waals surface area contributed by atoms with Crippen LogP contribution in [0.5, 0.6) is 5.75 Å².